The number of aromatic nitrogens is 3. The lowest BCUT2D eigenvalue weighted by molar-refractivity contribution is 0.0646. The molecule has 0 spiro atoms. The molecule has 0 N–H and O–H groups in total. The minimum absolute atomic E-state index is 0.0960. The van der Waals surface area contributed by atoms with Crippen molar-refractivity contribution in [3.63, 3.8) is 0 Å². The Hall–Kier alpha value is -2.87. The van der Waals surface area contributed by atoms with Crippen LogP contribution >= 0.6 is 11.3 Å². The van der Waals surface area contributed by atoms with Crippen molar-refractivity contribution in [1.29, 1.82) is 0 Å². The second-order valence-electron chi connectivity index (χ2n) is 6.82. The van der Waals surface area contributed by atoms with E-state index in [0.717, 1.165) is 31.2 Å². The molecule has 1 aliphatic heterocycles. The fourth-order valence-corrected chi connectivity index (χ4v) is 5.09. The summed E-state index contributed by atoms with van der Waals surface area (Å²) in [6.07, 6.45) is 4.11. The van der Waals surface area contributed by atoms with E-state index in [2.05, 4.69) is 10.3 Å². The lowest BCUT2D eigenvalue weighted by Crippen LogP contribution is -2.36. The van der Waals surface area contributed by atoms with Crippen LogP contribution < -0.4 is 5.56 Å². The standard InChI is InChI=1S/C19H16N4O3S/c24-17-11-5-1-2-6-12(11)18(25)22(17)9-10-23-19(26)15-13-7-3-4-8-14(13)27-16(15)20-21-23/h1-2,5-6H,3-4,7-10H2. The van der Waals surface area contributed by atoms with E-state index in [1.165, 1.54) is 14.5 Å². The Morgan fingerprint density at radius 2 is 1.67 bits per heavy atom. The van der Waals surface area contributed by atoms with Gasteiger partial charge in [-0.25, -0.2) is 4.68 Å². The van der Waals surface area contributed by atoms with Crippen LogP contribution in [-0.2, 0) is 19.4 Å². The lowest BCUT2D eigenvalue weighted by atomic mass is 9.97. The topological polar surface area (TPSA) is 85.2 Å². The van der Waals surface area contributed by atoms with Gasteiger partial charge in [0.15, 0.2) is 4.83 Å². The molecule has 27 heavy (non-hydrogen) atoms. The molecule has 7 nitrogen and oxygen atoms in total. The van der Waals surface area contributed by atoms with E-state index in [0.29, 0.717) is 21.3 Å². The molecular formula is C19H16N4O3S. The van der Waals surface area contributed by atoms with Crippen molar-refractivity contribution in [3.8, 4) is 0 Å². The highest BCUT2D eigenvalue weighted by Gasteiger charge is 2.34. The first-order valence-electron chi connectivity index (χ1n) is 8.98. The Morgan fingerprint density at radius 1 is 0.963 bits per heavy atom. The molecule has 1 aliphatic carbocycles. The highest BCUT2D eigenvalue weighted by molar-refractivity contribution is 7.18. The van der Waals surface area contributed by atoms with Crippen LogP contribution in [0.1, 0.15) is 44.0 Å². The number of hydrogen-bond acceptors (Lipinski definition) is 6. The van der Waals surface area contributed by atoms with E-state index in [1.54, 1.807) is 35.6 Å². The summed E-state index contributed by atoms with van der Waals surface area (Å²) < 4.78 is 1.27. The Bertz CT molecular complexity index is 1130. The predicted molar refractivity (Wildman–Crippen MR) is 100 cm³/mol. The summed E-state index contributed by atoms with van der Waals surface area (Å²) in [5.41, 5.74) is 1.73. The Labute approximate surface area is 158 Å². The largest absolute Gasteiger partial charge is 0.278 e. The van der Waals surface area contributed by atoms with Crippen molar-refractivity contribution in [2.45, 2.75) is 32.2 Å². The molecule has 0 bridgehead atoms. The molecule has 0 saturated heterocycles. The lowest BCUT2D eigenvalue weighted by Gasteiger charge is -2.14. The third kappa shape index (κ3) is 2.43. The number of aryl methyl sites for hydroxylation is 2. The van der Waals surface area contributed by atoms with E-state index < -0.39 is 0 Å². The smallest absolute Gasteiger partial charge is 0.272 e. The average molecular weight is 380 g/mol. The molecule has 0 atom stereocenters. The van der Waals surface area contributed by atoms with Crippen molar-refractivity contribution in [3.05, 3.63) is 56.2 Å². The number of nitrogens with zero attached hydrogens (tertiary/aromatic N) is 4. The van der Waals surface area contributed by atoms with Crippen LogP contribution in [0.4, 0.5) is 0 Å². The zero-order valence-electron chi connectivity index (χ0n) is 14.5. The van der Waals surface area contributed by atoms with Crippen LogP contribution in [0.15, 0.2) is 29.1 Å². The number of imide groups is 1. The third-order valence-corrected chi connectivity index (χ3v) is 6.43. The summed E-state index contributed by atoms with van der Waals surface area (Å²) >= 11 is 1.55. The van der Waals surface area contributed by atoms with E-state index in [9.17, 15) is 14.4 Å². The molecule has 3 heterocycles. The fraction of sp³-hybridized carbons (Fsp3) is 0.316. The van der Waals surface area contributed by atoms with Gasteiger partial charge in [-0.3, -0.25) is 19.3 Å². The first-order valence-corrected chi connectivity index (χ1v) is 9.80. The number of fused-ring (bicyclic) bond motifs is 4. The van der Waals surface area contributed by atoms with Crippen LogP contribution in [-0.4, -0.2) is 38.3 Å². The fourth-order valence-electron chi connectivity index (χ4n) is 3.89. The third-order valence-electron chi connectivity index (χ3n) is 5.26. The molecule has 5 rings (SSSR count). The monoisotopic (exact) mass is 380 g/mol. The summed E-state index contributed by atoms with van der Waals surface area (Å²) in [7, 11) is 0. The molecule has 2 aromatic heterocycles. The van der Waals surface area contributed by atoms with Gasteiger partial charge in [0.2, 0.25) is 0 Å². The first kappa shape index (κ1) is 16.3. The molecule has 0 radical (unpaired) electrons. The van der Waals surface area contributed by atoms with Crippen LogP contribution in [0, 0.1) is 0 Å². The maximum absolute atomic E-state index is 12.9. The molecule has 2 aliphatic rings. The molecule has 8 heteroatoms. The summed E-state index contributed by atoms with van der Waals surface area (Å²) in [5, 5.41) is 8.90. The molecule has 2 amide bonds. The van der Waals surface area contributed by atoms with Crippen LogP contribution in [0.25, 0.3) is 10.2 Å². The minimum atomic E-state index is -0.328. The van der Waals surface area contributed by atoms with Gasteiger partial charge in [0, 0.05) is 11.4 Å². The maximum Gasteiger partial charge on any atom is 0.278 e. The van der Waals surface area contributed by atoms with Gasteiger partial charge in [0.05, 0.1) is 23.1 Å². The van der Waals surface area contributed by atoms with E-state index in [4.69, 9.17) is 0 Å². The van der Waals surface area contributed by atoms with Gasteiger partial charge in [0.1, 0.15) is 0 Å². The average Bonchev–Trinajstić information content (AvgIpc) is 3.18. The molecule has 0 unspecified atom stereocenters. The quantitative estimate of drug-likeness (QED) is 0.649. The zero-order chi connectivity index (χ0) is 18.5. The normalized spacial score (nSPS) is 16.1. The second-order valence-corrected chi connectivity index (χ2v) is 7.90. The zero-order valence-corrected chi connectivity index (χ0v) is 15.3. The number of amides is 2. The predicted octanol–water partition coefficient (Wildman–Crippen LogP) is 2.03. The summed E-state index contributed by atoms with van der Waals surface area (Å²) in [6, 6.07) is 6.75. The number of hydrogen-bond donors (Lipinski definition) is 0. The molecule has 3 aromatic rings. The number of benzene rings is 1. The van der Waals surface area contributed by atoms with Crippen molar-refractivity contribution in [2.75, 3.05) is 6.54 Å². The van der Waals surface area contributed by atoms with E-state index in [-0.39, 0.29) is 30.5 Å². The van der Waals surface area contributed by atoms with Crippen molar-refractivity contribution in [1.82, 2.24) is 19.9 Å². The second kappa shape index (κ2) is 6.09. The first-order chi connectivity index (χ1) is 13.1. The van der Waals surface area contributed by atoms with Crippen LogP contribution in [0.3, 0.4) is 0 Å². The SMILES string of the molecule is O=C1c2ccccc2C(=O)N1CCn1nnc2sc3c(c2c1=O)CCCC3. The number of carbonyl (C=O) groups is 2. The van der Waals surface area contributed by atoms with Gasteiger partial charge in [-0.15, -0.1) is 16.4 Å². The summed E-state index contributed by atoms with van der Waals surface area (Å²) in [4.78, 5) is 40.9. The Morgan fingerprint density at radius 3 is 2.41 bits per heavy atom. The molecule has 0 saturated carbocycles. The van der Waals surface area contributed by atoms with Crippen LogP contribution in [0.2, 0.25) is 0 Å². The highest BCUT2D eigenvalue weighted by atomic mass is 32.1. The van der Waals surface area contributed by atoms with Crippen molar-refractivity contribution >= 4 is 33.4 Å². The molecule has 1 aromatic carbocycles. The van der Waals surface area contributed by atoms with E-state index in [1.807, 2.05) is 0 Å². The Balaban J connectivity index is 1.45. The summed E-state index contributed by atoms with van der Waals surface area (Å²) in [6.45, 7) is 0.233. The minimum Gasteiger partial charge on any atom is -0.272 e. The molecule has 136 valence electrons. The van der Waals surface area contributed by atoms with Crippen molar-refractivity contribution in [2.24, 2.45) is 0 Å². The highest BCUT2D eigenvalue weighted by Crippen LogP contribution is 2.33. The van der Waals surface area contributed by atoms with Gasteiger partial charge in [-0.2, -0.15) is 0 Å². The number of thiophene rings is 1. The summed E-state index contributed by atoms with van der Waals surface area (Å²) in [5.74, 6) is -0.656. The van der Waals surface area contributed by atoms with Gasteiger partial charge in [-0.05, 0) is 43.4 Å². The maximum atomic E-state index is 12.9. The van der Waals surface area contributed by atoms with Gasteiger partial charge < -0.3 is 0 Å². The molecule has 0 fully saturated rings. The molecular weight excluding hydrogens is 364 g/mol. The van der Waals surface area contributed by atoms with E-state index >= 15 is 0 Å². The van der Waals surface area contributed by atoms with Gasteiger partial charge in [-0.1, -0.05) is 17.3 Å². The van der Waals surface area contributed by atoms with Gasteiger partial charge >= 0.3 is 0 Å². The number of rotatable bonds is 3. The van der Waals surface area contributed by atoms with Crippen LogP contribution in [0.5, 0.6) is 0 Å². The Kier molecular flexibility index (Phi) is 3.68. The van der Waals surface area contributed by atoms with Gasteiger partial charge in [0.25, 0.3) is 17.4 Å². The number of carbonyl (C=O) groups excluding carboxylic acids is 2. The van der Waals surface area contributed by atoms with Crippen molar-refractivity contribution < 1.29 is 9.59 Å².